The molecule has 0 radical (unpaired) electrons. The summed E-state index contributed by atoms with van der Waals surface area (Å²) in [6.07, 6.45) is 4.47. The highest BCUT2D eigenvalue weighted by molar-refractivity contribution is 6.30. The third-order valence-electron chi connectivity index (χ3n) is 6.17. The zero-order valence-corrected chi connectivity index (χ0v) is 17.8. The number of hydrogen-bond donors (Lipinski definition) is 2. The quantitative estimate of drug-likeness (QED) is 0.636. The third kappa shape index (κ3) is 3.82. The van der Waals surface area contributed by atoms with Crippen LogP contribution in [-0.4, -0.2) is 38.7 Å². The molecule has 30 heavy (non-hydrogen) atoms. The summed E-state index contributed by atoms with van der Waals surface area (Å²) >= 11 is 6.25. The first-order valence-corrected chi connectivity index (χ1v) is 11.1. The molecule has 5 rings (SSSR count). The van der Waals surface area contributed by atoms with Gasteiger partial charge in [-0.3, -0.25) is 0 Å². The molecule has 2 fully saturated rings. The number of rotatable bonds is 4. The van der Waals surface area contributed by atoms with Gasteiger partial charge >= 0.3 is 0 Å². The Bertz CT molecular complexity index is 1070. The van der Waals surface area contributed by atoms with E-state index in [2.05, 4.69) is 38.4 Å². The summed E-state index contributed by atoms with van der Waals surface area (Å²) in [7, 11) is 0. The normalized spacial score (nSPS) is 24.0. The van der Waals surface area contributed by atoms with Crippen molar-refractivity contribution in [2.75, 3.05) is 16.8 Å². The van der Waals surface area contributed by atoms with E-state index < -0.39 is 0 Å². The molecule has 2 aliphatic rings. The van der Waals surface area contributed by atoms with Crippen LogP contribution in [-0.2, 0) is 0 Å². The maximum absolute atomic E-state index is 9.89. The molecule has 2 aromatic heterocycles. The maximum atomic E-state index is 9.89. The number of benzene rings is 1. The van der Waals surface area contributed by atoms with Crippen molar-refractivity contribution < 1.29 is 5.11 Å². The highest BCUT2D eigenvalue weighted by atomic mass is 35.5. The molecule has 1 aliphatic carbocycles. The van der Waals surface area contributed by atoms with Crippen LogP contribution in [0.3, 0.4) is 0 Å². The molecule has 0 amide bonds. The predicted molar refractivity (Wildman–Crippen MR) is 120 cm³/mol. The molecule has 1 aliphatic heterocycles. The lowest BCUT2D eigenvalue weighted by Gasteiger charge is -2.26. The van der Waals surface area contributed by atoms with Crippen LogP contribution in [0, 0.1) is 6.92 Å². The Morgan fingerprint density at radius 3 is 2.80 bits per heavy atom. The van der Waals surface area contributed by atoms with Crippen LogP contribution in [0.15, 0.2) is 36.4 Å². The molecule has 7 heteroatoms. The average Bonchev–Trinajstić information content (AvgIpc) is 3.37. The van der Waals surface area contributed by atoms with E-state index in [9.17, 15) is 5.11 Å². The zero-order valence-electron chi connectivity index (χ0n) is 17.1. The molecule has 0 spiro atoms. The standard InChI is InChI=1S/C23H26ClN5O/c1-14-25-19-9-10-21(28-22(19)23(26-14)27-17-7-8-18(30)13-17)29-11-3-6-20(29)15-4-2-5-16(24)12-15/h2,4-5,9-10,12,17-18,20,30H,3,6-8,11,13H2,1H3,(H,25,26,27). The van der Waals surface area contributed by atoms with Gasteiger partial charge in [0.1, 0.15) is 17.2 Å². The number of halogens is 1. The Labute approximate surface area is 181 Å². The fourth-order valence-corrected chi connectivity index (χ4v) is 4.96. The Kier molecular flexibility index (Phi) is 5.21. The first-order valence-electron chi connectivity index (χ1n) is 10.7. The monoisotopic (exact) mass is 423 g/mol. The first kappa shape index (κ1) is 19.5. The van der Waals surface area contributed by atoms with Gasteiger partial charge in [-0.15, -0.1) is 0 Å². The number of pyridine rings is 1. The minimum absolute atomic E-state index is 0.217. The molecular weight excluding hydrogens is 398 g/mol. The third-order valence-corrected chi connectivity index (χ3v) is 6.40. The van der Waals surface area contributed by atoms with Crippen molar-refractivity contribution in [3.8, 4) is 0 Å². The highest BCUT2D eigenvalue weighted by Gasteiger charge is 2.28. The van der Waals surface area contributed by atoms with Crippen LogP contribution in [0.25, 0.3) is 11.0 Å². The summed E-state index contributed by atoms with van der Waals surface area (Å²) in [6.45, 7) is 2.86. The molecule has 2 N–H and O–H groups in total. The van der Waals surface area contributed by atoms with Gasteiger partial charge in [0.2, 0.25) is 0 Å². The van der Waals surface area contributed by atoms with E-state index in [-0.39, 0.29) is 18.2 Å². The second kappa shape index (κ2) is 8.00. The van der Waals surface area contributed by atoms with Crippen LogP contribution >= 0.6 is 11.6 Å². The lowest BCUT2D eigenvalue weighted by molar-refractivity contribution is 0.182. The fourth-order valence-electron chi connectivity index (χ4n) is 4.76. The van der Waals surface area contributed by atoms with Crippen LogP contribution in [0.5, 0.6) is 0 Å². The van der Waals surface area contributed by atoms with E-state index in [4.69, 9.17) is 16.6 Å². The number of nitrogens with zero attached hydrogens (tertiary/aromatic N) is 4. The molecule has 3 aromatic rings. The second-order valence-electron chi connectivity index (χ2n) is 8.37. The van der Waals surface area contributed by atoms with Crippen LogP contribution in [0.1, 0.15) is 49.5 Å². The smallest absolute Gasteiger partial charge is 0.156 e. The highest BCUT2D eigenvalue weighted by Crippen LogP contribution is 2.37. The number of aryl methyl sites for hydroxylation is 1. The van der Waals surface area contributed by atoms with Gasteiger partial charge in [0.05, 0.1) is 17.7 Å². The summed E-state index contributed by atoms with van der Waals surface area (Å²) < 4.78 is 0. The molecule has 1 saturated heterocycles. The summed E-state index contributed by atoms with van der Waals surface area (Å²) in [5.41, 5.74) is 2.85. The summed E-state index contributed by atoms with van der Waals surface area (Å²) in [5.74, 6) is 2.42. The van der Waals surface area contributed by atoms with Crippen molar-refractivity contribution in [2.45, 2.75) is 57.2 Å². The average molecular weight is 424 g/mol. The summed E-state index contributed by atoms with van der Waals surface area (Å²) in [4.78, 5) is 16.6. The summed E-state index contributed by atoms with van der Waals surface area (Å²) in [6, 6.07) is 12.7. The molecule has 156 valence electrons. The summed E-state index contributed by atoms with van der Waals surface area (Å²) in [5, 5.41) is 14.2. The Hall–Kier alpha value is -2.44. The lowest BCUT2D eigenvalue weighted by Crippen LogP contribution is -2.24. The Morgan fingerprint density at radius 1 is 1.10 bits per heavy atom. The first-order chi connectivity index (χ1) is 14.6. The molecule has 0 bridgehead atoms. The molecule has 1 saturated carbocycles. The molecule has 3 atom stereocenters. The number of anilines is 2. The Balaban J connectivity index is 1.50. The van der Waals surface area contributed by atoms with Gasteiger partial charge in [0.15, 0.2) is 5.82 Å². The van der Waals surface area contributed by atoms with Gasteiger partial charge in [-0.25, -0.2) is 15.0 Å². The van der Waals surface area contributed by atoms with Gasteiger partial charge in [-0.2, -0.15) is 0 Å². The van der Waals surface area contributed by atoms with Gasteiger partial charge in [-0.05, 0) is 68.9 Å². The molecule has 3 heterocycles. The minimum atomic E-state index is -0.233. The zero-order chi connectivity index (χ0) is 20.7. The van der Waals surface area contributed by atoms with Crippen molar-refractivity contribution in [2.24, 2.45) is 0 Å². The van der Waals surface area contributed by atoms with Gasteiger partial charge in [0, 0.05) is 17.6 Å². The van der Waals surface area contributed by atoms with E-state index in [0.717, 1.165) is 72.2 Å². The van der Waals surface area contributed by atoms with Crippen molar-refractivity contribution in [3.05, 3.63) is 52.8 Å². The Morgan fingerprint density at radius 2 is 2.00 bits per heavy atom. The van der Waals surface area contributed by atoms with E-state index in [1.54, 1.807) is 0 Å². The topological polar surface area (TPSA) is 74.2 Å². The van der Waals surface area contributed by atoms with E-state index in [0.29, 0.717) is 0 Å². The number of fused-ring (bicyclic) bond motifs is 1. The molecule has 3 unspecified atom stereocenters. The number of nitrogens with one attached hydrogen (secondary N) is 1. The maximum Gasteiger partial charge on any atom is 0.156 e. The van der Waals surface area contributed by atoms with Crippen LogP contribution < -0.4 is 10.2 Å². The molecule has 6 nitrogen and oxygen atoms in total. The predicted octanol–water partition coefficient (Wildman–Crippen LogP) is 4.65. The largest absolute Gasteiger partial charge is 0.393 e. The number of hydrogen-bond acceptors (Lipinski definition) is 6. The van der Waals surface area contributed by atoms with Crippen LogP contribution in [0.4, 0.5) is 11.6 Å². The fraction of sp³-hybridized carbons (Fsp3) is 0.435. The number of aromatic nitrogens is 3. The second-order valence-corrected chi connectivity index (χ2v) is 8.81. The van der Waals surface area contributed by atoms with Crippen molar-refractivity contribution in [1.29, 1.82) is 0 Å². The van der Waals surface area contributed by atoms with E-state index in [1.165, 1.54) is 5.56 Å². The molecular formula is C23H26ClN5O. The van der Waals surface area contributed by atoms with Gasteiger partial charge in [0.25, 0.3) is 0 Å². The van der Waals surface area contributed by atoms with Crippen molar-refractivity contribution >= 4 is 34.3 Å². The van der Waals surface area contributed by atoms with Gasteiger partial charge in [-0.1, -0.05) is 23.7 Å². The number of aliphatic hydroxyl groups is 1. The minimum Gasteiger partial charge on any atom is -0.393 e. The van der Waals surface area contributed by atoms with E-state index >= 15 is 0 Å². The van der Waals surface area contributed by atoms with Crippen molar-refractivity contribution in [1.82, 2.24) is 15.0 Å². The van der Waals surface area contributed by atoms with Crippen LogP contribution in [0.2, 0.25) is 5.02 Å². The van der Waals surface area contributed by atoms with E-state index in [1.807, 2.05) is 25.1 Å². The molecule has 1 aromatic carbocycles. The lowest BCUT2D eigenvalue weighted by atomic mass is 10.0. The SMILES string of the molecule is Cc1nc(NC2CCC(O)C2)c2nc(N3CCCC3c3cccc(Cl)c3)ccc2n1. The van der Waals surface area contributed by atoms with Crippen molar-refractivity contribution in [3.63, 3.8) is 0 Å². The number of aliphatic hydroxyl groups excluding tert-OH is 1. The van der Waals surface area contributed by atoms with Gasteiger partial charge < -0.3 is 15.3 Å².